The molecule has 4 rings (SSSR count). The fourth-order valence-electron chi connectivity index (χ4n) is 4.01. The van der Waals surface area contributed by atoms with Gasteiger partial charge in [0.1, 0.15) is 11.5 Å². The molecule has 1 aliphatic rings. The first-order chi connectivity index (χ1) is 16.0. The van der Waals surface area contributed by atoms with E-state index in [0.717, 1.165) is 59.9 Å². The lowest BCUT2D eigenvalue weighted by molar-refractivity contribution is 0.175. The summed E-state index contributed by atoms with van der Waals surface area (Å²) < 4.78 is 24.6. The minimum atomic E-state index is -0.287. The molecule has 174 valence electrons. The van der Waals surface area contributed by atoms with Crippen molar-refractivity contribution in [1.82, 2.24) is 10.1 Å². The molecule has 0 radical (unpaired) electrons. The summed E-state index contributed by atoms with van der Waals surface area (Å²) >= 11 is 5.74. The van der Waals surface area contributed by atoms with Crippen LogP contribution in [0, 0.1) is 12.7 Å². The van der Waals surface area contributed by atoms with Crippen LogP contribution in [0.3, 0.4) is 0 Å². The van der Waals surface area contributed by atoms with Gasteiger partial charge in [0.05, 0.1) is 18.7 Å². The molecule has 2 aromatic carbocycles. The predicted molar refractivity (Wildman–Crippen MR) is 133 cm³/mol. The Kier molecular flexibility index (Phi) is 7.57. The minimum absolute atomic E-state index is 0.287. The number of rotatable bonds is 8. The molecule has 1 saturated heterocycles. The minimum Gasteiger partial charge on any atom is -0.383 e. The molecule has 1 aliphatic heterocycles. The lowest BCUT2D eigenvalue weighted by Crippen LogP contribution is -2.37. The number of anilines is 2. The van der Waals surface area contributed by atoms with Gasteiger partial charge in [-0.1, -0.05) is 28.9 Å². The van der Waals surface area contributed by atoms with E-state index in [1.54, 1.807) is 19.2 Å². The zero-order valence-electron chi connectivity index (χ0n) is 19.0. The number of nitrogens with zero attached hydrogens (tertiary/aromatic N) is 3. The van der Waals surface area contributed by atoms with Crippen molar-refractivity contribution in [2.45, 2.75) is 26.3 Å². The average Bonchev–Trinajstić information content (AvgIpc) is 3.48. The zero-order valence-corrected chi connectivity index (χ0v) is 19.8. The Morgan fingerprint density at radius 2 is 1.97 bits per heavy atom. The third-order valence-electron chi connectivity index (χ3n) is 5.75. The van der Waals surface area contributed by atoms with Crippen LogP contribution >= 0.6 is 12.2 Å². The number of aromatic nitrogens is 1. The lowest BCUT2D eigenvalue weighted by Gasteiger charge is -2.27. The first-order valence-electron chi connectivity index (χ1n) is 11.2. The van der Waals surface area contributed by atoms with Gasteiger partial charge in [-0.2, -0.15) is 0 Å². The van der Waals surface area contributed by atoms with Crippen LogP contribution in [0.2, 0.25) is 0 Å². The highest BCUT2D eigenvalue weighted by Gasteiger charge is 2.27. The molecule has 0 amide bonds. The van der Waals surface area contributed by atoms with Gasteiger partial charge in [-0.25, -0.2) is 4.39 Å². The number of methoxy groups -OCH3 is 1. The van der Waals surface area contributed by atoms with Crippen molar-refractivity contribution in [3.05, 3.63) is 65.5 Å². The molecule has 1 aromatic heterocycles. The molecule has 0 bridgehead atoms. The van der Waals surface area contributed by atoms with Gasteiger partial charge in [0.15, 0.2) is 5.11 Å². The van der Waals surface area contributed by atoms with Crippen molar-refractivity contribution in [3.8, 4) is 11.3 Å². The summed E-state index contributed by atoms with van der Waals surface area (Å²) in [5.41, 5.74) is 4.74. The summed E-state index contributed by atoms with van der Waals surface area (Å²) in [5, 5.41) is 8.23. The molecule has 0 atom stereocenters. The molecular formula is C25H29FN4O2S. The van der Waals surface area contributed by atoms with E-state index in [4.69, 9.17) is 21.5 Å². The van der Waals surface area contributed by atoms with Crippen molar-refractivity contribution in [2.75, 3.05) is 43.6 Å². The Bertz CT molecular complexity index is 1080. The van der Waals surface area contributed by atoms with Gasteiger partial charge < -0.3 is 24.4 Å². The summed E-state index contributed by atoms with van der Waals surface area (Å²) in [6.07, 6.45) is 2.27. The van der Waals surface area contributed by atoms with E-state index in [0.29, 0.717) is 24.8 Å². The van der Waals surface area contributed by atoms with E-state index in [-0.39, 0.29) is 5.82 Å². The maximum absolute atomic E-state index is 13.3. The molecule has 3 aromatic rings. The molecule has 0 saturated carbocycles. The highest BCUT2D eigenvalue weighted by Crippen LogP contribution is 2.34. The lowest BCUT2D eigenvalue weighted by atomic mass is 10.0. The van der Waals surface area contributed by atoms with E-state index in [1.807, 2.05) is 11.0 Å². The number of hydrogen-bond donors (Lipinski definition) is 1. The Balaban J connectivity index is 1.65. The Hall–Kier alpha value is -2.97. The molecule has 0 aliphatic carbocycles. The first-order valence-corrected chi connectivity index (χ1v) is 11.6. The van der Waals surface area contributed by atoms with Gasteiger partial charge in [0.2, 0.25) is 5.88 Å². The molecule has 33 heavy (non-hydrogen) atoms. The quantitative estimate of drug-likeness (QED) is 0.454. The van der Waals surface area contributed by atoms with Crippen molar-refractivity contribution >= 4 is 28.9 Å². The summed E-state index contributed by atoms with van der Waals surface area (Å²) in [6.45, 7) is 5.57. The molecule has 8 heteroatoms. The Morgan fingerprint density at radius 3 is 2.67 bits per heavy atom. The molecule has 0 unspecified atom stereocenters. The second-order valence-electron chi connectivity index (χ2n) is 8.23. The topological polar surface area (TPSA) is 53.8 Å². The van der Waals surface area contributed by atoms with Gasteiger partial charge in [0.25, 0.3) is 0 Å². The monoisotopic (exact) mass is 468 g/mol. The summed E-state index contributed by atoms with van der Waals surface area (Å²) in [5.74, 6) is 0.515. The molecular weight excluding hydrogens is 439 g/mol. The van der Waals surface area contributed by atoms with E-state index < -0.39 is 0 Å². The summed E-state index contributed by atoms with van der Waals surface area (Å²) in [6, 6.07) is 14.4. The van der Waals surface area contributed by atoms with Crippen LogP contribution < -0.4 is 10.2 Å². The number of hydrogen-bond acceptors (Lipinski definition) is 5. The van der Waals surface area contributed by atoms with Crippen molar-refractivity contribution in [1.29, 1.82) is 0 Å². The number of halogens is 1. The van der Waals surface area contributed by atoms with Crippen molar-refractivity contribution in [2.24, 2.45) is 0 Å². The van der Waals surface area contributed by atoms with Gasteiger partial charge in [-0.15, -0.1) is 0 Å². The largest absolute Gasteiger partial charge is 0.383 e. The maximum Gasteiger partial charge on any atom is 0.232 e. The van der Waals surface area contributed by atoms with E-state index in [1.165, 1.54) is 12.1 Å². The number of nitrogens with one attached hydrogen (secondary N) is 1. The normalized spacial score (nSPS) is 13.4. The van der Waals surface area contributed by atoms with Crippen LogP contribution in [0.25, 0.3) is 11.3 Å². The average molecular weight is 469 g/mol. The van der Waals surface area contributed by atoms with Gasteiger partial charge in [-0.3, -0.25) is 0 Å². The third kappa shape index (κ3) is 5.69. The fraction of sp³-hybridized carbons (Fsp3) is 0.360. The molecule has 1 fully saturated rings. The fourth-order valence-corrected chi connectivity index (χ4v) is 4.29. The van der Waals surface area contributed by atoms with Gasteiger partial charge in [0, 0.05) is 38.0 Å². The van der Waals surface area contributed by atoms with Gasteiger partial charge in [-0.05, 0) is 62.3 Å². The highest BCUT2D eigenvalue weighted by atomic mass is 32.1. The summed E-state index contributed by atoms with van der Waals surface area (Å²) in [4.78, 5) is 4.29. The zero-order chi connectivity index (χ0) is 23.2. The smallest absolute Gasteiger partial charge is 0.232 e. The molecule has 0 spiro atoms. The first kappa shape index (κ1) is 23.2. The maximum atomic E-state index is 13.3. The van der Waals surface area contributed by atoms with Crippen LogP contribution in [-0.4, -0.2) is 48.5 Å². The number of aryl methyl sites for hydroxylation is 1. The number of ether oxygens (including phenoxy) is 1. The second-order valence-corrected chi connectivity index (χ2v) is 8.62. The molecule has 2 heterocycles. The number of benzene rings is 2. The van der Waals surface area contributed by atoms with Crippen molar-refractivity contribution < 1.29 is 13.7 Å². The van der Waals surface area contributed by atoms with Crippen molar-refractivity contribution in [3.63, 3.8) is 0 Å². The SMILES string of the molecule is COCCN(Cc1c(-c2cccc(C)c2)noc1N1CCCC1)C(=S)Nc1ccc(F)cc1. The van der Waals surface area contributed by atoms with Crippen LogP contribution in [0.15, 0.2) is 53.1 Å². The molecule has 6 nitrogen and oxygen atoms in total. The Morgan fingerprint density at radius 1 is 1.21 bits per heavy atom. The van der Waals surface area contributed by atoms with Crippen LogP contribution in [-0.2, 0) is 11.3 Å². The van der Waals surface area contributed by atoms with Crippen LogP contribution in [0.4, 0.5) is 16.0 Å². The standard InChI is InChI=1S/C25H29FN4O2S/c1-18-6-5-7-19(16-18)23-22(24(32-28-23)29-12-3-4-13-29)17-30(14-15-31-2)25(33)27-21-10-8-20(26)9-11-21/h5-11,16H,3-4,12-15,17H2,1-2H3,(H,27,33). The van der Waals surface area contributed by atoms with Crippen LogP contribution in [0.5, 0.6) is 0 Å². The highest BCUT2D eigenvalue weighted by molar-refractivity contribution is 7.80. The van der Waals surface area contributed by atoms with Crippen LogP contribution in [0.1, 0.15) is 24.0 Å². The summed E-state index contributed by atoms with van der Waals surface area (Å²) in [7, 11) is 1.67. The van der Waals surface area contributed by atoms with E-state index in [9.17, 15) is 4.39 Å². The van der Waals surface area contributed by atoms with Gasteiger partial charge >= 0.3 is 0 Å². The molecule has 1 N–H and O–H groups in total. The number of thiocarbonyl (C=S) groups is 1. The second kappa shape index (κ2) is 10.8. The Labute approximate surface area is 199 Å². The van der Waals surface area contributed by atoms with E-state index >= 15 is 0 Å². The van der Waals surface area contributed by atoms with E-state index in [2.05, 4.69) is 40.5 Å². The predicted octanol–water partition coefficient (Wildman–Crippen LogP) is 5.23. The third-order valence-corrected chi connectivity index (χ3v) is 6.11.